The molecule has 0 spiro atoms. The van der Waals surface area contributed by atoms with Crippen LogP contribution in [0, 0.1) is 10.5 Å². The van der Waals surface area contributed by atoms with Crippen LogP contribution in [-0.4, -0.2) is 13.4 Å². The summed E-state index contributed by atoms with van der Waals surface area (Å²) in [6, 6.07) is 8.37. The number of halogens is 2. The van der Waals surface area contributed by atoms with Gasteiger partial charge in [0.05, 0.1) is 16.8 Å². The van der Waals surface area contributed by atoms with Crippen LogP contribution in [0.3, 0.4) is 0 Å². The topological polar surface area (TPSA) is 59.1 Å². The van der Waals surface area contributed by atoms with E-state index in [1.165, 1.54) is 6.20 Å². The highest BCUT2D eigenvalue weighted by molar-refractivity contribution is 14.1. The number of benzene rings is 1. The predicted octanol–water partition coefficient (Wildman–Crippen LogP) is 3.56. The van der Waals surface area contributed by atoms with Gasteiger partial charge in [0.1, 0.15) is 4.60 Å². The minimum atomic E-state index is -3.57. The smallest absolute Gasteiger partial charge is 0.261 e. The maximum absolute atomic E-state index is 12.2. The number of nitrogens with zero attached hydrogens (tertiary/aromatic N) is 1. The molecule has 0 unspecified atom stereocenters. The molecular formula is C12H10BrIN2O2S. The quantitative estimate of drug-likeness (QED) is 0.572. The number of sulfonamides is 1. The molecule has 7 heteroatoms. The molecule has 100 valence electrons. The van der Waals surface area contributed by atoms with E-state index in [1.54, 1.807) is 30.3 Å². The van der Waals surface area contributed by atoms with Crippen molar-refractivity contribution in [3.63, 3.8) is 0 Å². The normalized spacial score (nSPS) is 11.3. The van der Waals surface area contributed by atoms with Crippen LogP contribution in [0.2, 0.25) is 0 Å². The zero-order valence-electron chi connectivity index (χ0n) is 9.89. The van der Waals surface area contributed by atoms with E-state index < -0.39 is 10.0 Å². The highest BCUT2D eigenvalue weighted by Gasteiger charge is 2.14. The average molecular weight is 453 g/mol. The van der Waals surface area contributed by atoms with E-state index in [2.05, 4.69) is 48.2 Å². The number of rotatable bonds is 3. The SMILES string of the molecule is Cc1cc(NS(=O)(=O)c2ccc(I)cc2)cnc1Br. The van der Waals surface area contributed by atoms with Gasteiger partial charge >= 0.3 is 0 Å². The largest absolute Gasteiger partial charge is 0.278 e. The van der Waals surface area contributed by atoms with E-state index in [0.29, 0.717) is 10.3 Å². The standard InChI is InChI=1S/C12H10BrIN2O2S/c1-8-6-10(7-15-12(8)13)16-19(17,18)11-4-2-9(14)3-5-11/h2-7,16H,1H3. The molecule has 1 heterocycles. The fraction of sp³-hybridized carbons (Fsp3) is 0.0833. The van der Waals surface area contributed by atoms with Gasteiger partial charge in [-0.15, -0.1) is 0 Å². The van der Waals surface area contributed by atoms with E-state index in [1.807, 2.05) is 6.92 Å². The van der Waals surface area contributed by atoms with Crippen molar-refractivity contribution in [1.82, 2.24) is 4.98 Å². The lowest BCUT2D eigenvalue weighted by molar-refractivity contribution is 0.601. The fourth-order valence-corrected chi connectivity index (χ4v) is 3.05. The van der Waals surface area contributed by atoms with Crippen LogP contribution in [-0.2, 0) is 10.0 Å². The van der Waals surface area contributed by atoms with Crippen molar-refractivity contribution in [2.75, 3.05) is 4.72 Å². The van der Waals surface area contributed by atoms with Gasteiger partial charge in [-0.2, -0.15) is 0 Å². The molecule has 0 amide bonds. The van der Waals surface area contributed by atoms with Crippen LogP contribution in [0.5, 0.6) is 0 Å². The van der Waals surface area contributed by atoms with E-state index >= 15 is 0 Å². The fourth-order valence-electron chi connectivity index (χ4n) is 1.44. The molecule has 0 saturated carbocycles. The highest BCUT2D eigenvalue weighted by Crippen LogP contribution is 2.20. The van der Waals surface area contributed by atoms with Gasteiger partial charge in [-0.05, 0) is 81.3 Å². The van der Waals surface area contributed by atoms with E-state index in [4.69, 9.17) is 0 Å². The Bertz CT molecular complexity index is 702. The number of anilines is 1. The predicted molar refractivity (Wildman–Crippen MR) is 86.6 cm³/mol. The molecule has 4 nitrogen and oxygen atoms in total. The summed E-state index contributed by atoms with van der Waals surface area (Å²) in [5.74, 6) is 0. The molecule has 2 aromatic rings. The summed E-state index contributed by atoms with van der Waals surface area (Å²) in [7, 11) is -3.57. The first kappa shape index (κ1) is 14.7. The second-order valence-corrected chi connectivity index (χ2v) is 7.57. The van der Waals surface area contributed by atoms with Crippen LogP contribution < -0.4 is 4.72 Å². The molecule has 0 radical (unpaired) electrons. The second kappa shape index (κ2) is 5.76. The lowest BCUT2D eigenvalue weighted by atomic mass is 10.3. The van der Waals surface area contributed by atoms with Crippen molar-refractivity contribution in [3.8, 4) is 0 Å². The molecule has 1 aromatic carbocycles. The monoisotopic (exact) mass is 452 g/mol. The van der Waals surface area contributed by atoms with Crippen LogP contribution in [0.4, 0.5) is 5.69 Å². The lowest BCUT2D eigenvalue weighted by Crippen LogP contribution is -2.13. The summed E-state index contributed by atoms with van der Waals surface area (Å²) < 4.78 is 28.5. The van der Waals surface area contributed by atoms with Gasteiger partial charge < -0.3 is 0 Å². The number of hydrogen-bond donors (Lipinski definition) is 1. The van der Waals surface area contributed by atoms with Gasteiger partial charge in [0.2, 0.25) is 0 Å². The molecule has 2 rings (SSSR count). The van der Waals surface area contributed by atoms with E-state index in [0.717, 1.165) is 9.13 Å². The van der Waals surface area contributed by atoms with Crippen LogP contribution in [0.15, 0.2) is 46.0 Å². The Kier molecular flexibility index (Phi) is 4.46. The van der Waals surface area contributed by atoms with Gasteiger partial charge in [0.15, 0.2) is 0 Å². The Morgan fingerprint density at radius 3 is 2.47 bits per heavy atom. The molecule has 0 aliphatic rings. The van der Waals surface area contributed by atoms with Gasteiger partial charge in [0.25, 0.3) is 10.0 Å². The van der Waals surface area contributed by atoms with Gasteiger partial charge in [-0.25, -0.2) is 13.4 Å². The Hall–Kier alpha value is -0.670. The van der Waals surface area contributed by atoms with Crippen molar-refractivity contribution >= 4 is 54.2 Å². The molecule has 0 bridgehead atoms. The average Bonchev–Trinajstić information content (AvgIpc) is 2.34. The third-order valence-corrected chi connectivity index (χ3v) is 5.34. The summed E-state index contributed by atoms with van der Waals surface area (Å²) in [6.45, 7) is 1.85. The van der Waals surface area contributed by atoms with Crippen LogP contribution >= 0.6 is 38.5 Å². The number of pyridine rings is 1. The van der Waals surface area contributed by atoms with Crippen molar-refractivity contribution in [3.05, 3.63) is 50.3 Å². The minimum Gasteiger partial charge on any atom is -0.278 e. The Morgan fingerprint density at radius 1 is 1.26 bits per heavy atom. The Labute approximate surface area is 134 Å². The van der Waals surface area contributed by atoms with Crippen molar-refractivity contribution in [1.29, 1.82) is 0 Å². The number of hydrogen-bond acceptors (Lipinski definition) is 3. The first-order valence-electron chi connectivity index (χ1n) is 5.29. The van der Waals surface area contributed by atoms with E-state index in [-0.39, 0.29) is 4.90 Å². The molecule has 1 aromatic heterocycles. The molecule has 0 saturated heterocycles. The van der Waals surface area contributed by atoms with Crippen molar-refractivity contribution < 1.29 is 8.42 Å². The molecule has 0 atom stereocenters. The second-order valence-electron chi connectivity index (χ2n) is 3.89. The summed E-state index contributed by atoms with van der Waals surface area (Å²) >= 11 is 5.40. The maximum atomic E-state index is 12.2. The Morgan fingerprint density at radius 2 is 1.89 bits per heavy atom. The van der Waals surface area contributed by atoms with Gasteiger partial charge in [-0.1, -0.05) is 0 Å². The maximum Gasteiger partial charge on any atom is 0.261 e. The Balaban J connectivity index is 2.30. The number of nitrogens with one attached hydrogen (secondary N) is 1. The summed E-state index contributed by atoms with van der Waals surface area (Å²) in [5, 5.41) is 0. The lowest BCUT2D eigenvalue weighted by Gasteiger charge is -2.09. The molecule has 1 N–H and O–H groups in total. The molecule has 0 fully saturated rings. The van der Waals surface area contributed by atoms with Crippen LogP contribution in [0.1, 0.15) is 5.56 Å². The molecular weight excluding hydrogens is 443 g/mol. The van der Waals surface area contributed by atoms with Crippen molar-refractivity contribution in [2.45, 2.75) is 11.8 Å². The van der Waals surface area contributed by atoms with E-state index in [9.17, 15) is 8.42 Å². The van der Waals surface area contributed by atoms with Gasteiger partial charge in [-0.3, -0.25) is 4.72 Å². The summed E-state index contributed by atoms with van der Waals surface area (Å²) in [6.07, 6.45) is 1.47. The minimum absolute atomic E-state index is 0.230. The molecule has 19 heavy (non-hydrogen) atoms. The number of aryl methyl sites for hydroxylation is 1. The first-order chi connectivity index (χ1) is 8.88. The summed E-state index contributed by atoms with van der Waals surface area (Å²) in [4.78, 5) is 4.29. The van der Waals surface area contributed by atoms with Crippen LogP contribution in [0.25, 0.3) is 0 Å². The first-order valence-corrected chi connectivity index (χ1v) is 8.64. The number of aromatic nitrogens is 1. The van der Waals surface area contributed by atoms with Crippen molar-refractivity contribution in [2.24, 2.45) is 0 Å². The molecule has 0 aliphatic carbocycles. The third kappa shape index (κ3) is 3.67. The molecule has 0 aliphatic heterocycles. The van der Waals surface area contributed by atoms with Gasteiger partial charge in [0, 0.05) is 3.57 Å². The summed E-state index contributed by atoms with van der Waals surface area (Å²) in [5.41, 5.74) is 1.31. The highest BCUT2D eigenvalue weighted by atomic mass is 127. The zero-order valence-corrected chi connectivity index (χ0v) is 14.5. The zero-order chi connectivity index (χ0) is 14.0. The third-order valence-electron chi connectivity index (χ3n) is 2.39.